The van der Waals surface area contributed by atoms with Gasteiger partial charge in [0.1, 0.15) is 11.8 Å². The van der Waals surface area contributed by atoms with Crippen molar-refractivity contribution in [3.63, 3.8) is 0 Å². The Morgan fingerprint density at radius 3 is 1.88 bits per heavy atom. The number of aliphatic imine (C=N–C) groups is 1. The summed E-state index contributed by atoms with van der Waals surface area (Å²) in [7, 11) is 5.72. The lowest BCUT2D eigenvalue weighted by atomic mass is 9.68. The van der Waals surface area contributed by atoms with Crippen LogP contribution in [0.1, 0.15) is 61.5 Å². The zero-order chi connectivity index (χ0) is 36.7. The van der Waals surface area contributed by atoms with Gasteiger partial charge in [-0.05, 0) is 83.5 Å². The first kappa shape index (κ1) is 42.3. The predicted octanol–water partition coefficient (Wildman–Crippen LogP) is 5.06. The molecule has 0 saturated carbocycles. The second-order valence-corrected chi connectivity index (χ2v) is 12.7. The van der Waals surface area contributed by atoms with E-state index in [0.717, 1.165) is 11.1 Å². The van der Waals surface area contributed by atoms with Crippen LogP contribution in [-0.2, 0) is 14.9 Å². The highest BCUT2D eigenvalue weighted by Crippen LogP contribution is 2.44. The average Bonchev–Trinajstić information content (AvgIpc) is 3.13. The van der Waals surface area contributed by atoms with E-state index in [0.29, 0.717) is 37.1 Å². The van der Waals surface area contributed by atoms with E-state index in [1.807, 2.05) is 76.5 Å². The Balaban J connectivity index is 0.00000901. The van der Waals surface area contributed by atoms with Crippen LogP contribution in [0, 0.1) is 0 Å². The number of carbonyl (C=O) groups excluding carboxylic acids is 3. The molecule has 0 aliphatic heterocycles. The number of ether oxygens (including phenoxy) is 1. The van der Waals surface area contributed by atoms with E-state index >= 15 is 0 Å². The summed E-state index contributed by atoms with van der Waals surface area (Å²) in [6.07, 6.45) is 2.73. The number of rotatable bonds is 17. The number of benzene rings is 3. The first-order valence-electron chi connectivity index (χ1n) is 17.0. The van der Waals surface area contributed by atoms with E-state index in [-0.39, 0.29) is 42.8 Å². The molecule has 0 aromatic heterocycles. The van der Waals surface area contributed by atoms with E-state index in [9.17, 15) is 14.4 Å². The first-order valence-corrected chi connectivity index (χ1v) is 17.0. The fourth-order valence-corrected chi connectivity index (χ4v) is 5.71. The molecule has 0 radical (unpaired) electrons. The minimum Gasteiger partial charge on any atom is -0.414 e. The molecule has 0 saturated heterocycles. The minimum absolute atomic E-state index is 0. The Kier molecular flexibility index (Phi) is 17.2. The highest BCUT2D eigenvalue weighted by molar-refractivity contribution is 5.97. The van der Waals surface area contributed by atoms with E-state index in [1.165, 1.54) is 4.90 Å². The van der Waals surface area contributed by atoms with Crippen molar-refractivity contribution in [1.29, 1.82) is 0 Å². The Hall–Kier alpha value is -4.87. The van der Waals surface area contributed by atoms with Crippen LogP contribution in [0.2, 0.25) is 0 Å². The fraction of sp³-hybridized carbons (Fsp3) is 0.385. The second kappa shape index (κ2) is 20.7. The number of amides is 3. The predicted molar refractivity (Wildman–Crippen MR) is 207 cm³/mol. The summed E-state index contributed by atoms with van der Waals surface area (Å²) in [5.41, 5.74) is 12.6. The van der Waals surface area contributed by atoms with Gasteiger partial charge in [0.05, 0.1) is 5.41 Å². The number of halogens is 1. The summed E-state index contributed by atoms with van der Waals surface area (Å²) >= 11 is 0. The molecule has 0 heterocycles. The molecular weight excluding hydrogens is 672 g/mol. The zero-order valence-electron chi connectivity index (χ0n) is 30.5. The van der Waals surface area contributed by atoms with Crippen molar-refractivity contribution in [2.75, 3.05) is 34.2 Å². The van der Waals surface area contributed by atoms with Gasteiger partial charge >= 0.3 is 6.09 Å². The van der Waals surface area contributed by atoms with Gasteiger partial charge < -0.3 is 36.6 Å². The standard InChI is InChI=1S/C39H53N7O4.ClH/c1-7-34(39(26-28(2)45(4)5,31-20-13-9-14-21-31)32-22-15-10-16-23-32)50-38(49)46(6)29(3)27-43-36(48)33(24-17-25-42-37(40)41)44-35(47)30-18-11-8-12-19-30;/h7-16,18-23,28-29,33H,17,24-27H2,1-6H3,(H,43,48)(H,44,47)(H4,40,41,42);1H/b34-7+;/t28-,29?,33+;/m1./s1/i8+1,11+1,12+1,18+1,19+1,30+1;. The van der Waals surface area contributed by atoms with Crippen molar-refractivity contribution in [2.24, 2.45) is 16.5 Å². The molecule has 12 heteroatoms. The van der Waals surface area contributed by atoms with Gasteiger partial charge in [-0.25, -0.2) is 4.79 Å². The van der Waals surface area contributed by atoms with E-state index in [1.54, 1.807) is 31.3 Å². The van der Waals surface area contributed by atoms with Gasteiger partial charge in [-0.1, -0.05) is 78.9 Å². The van der Waals surface area contributed by atoms with E-state index < -0.39 is 23.6 Å². The smallest absolute Gasteiger partial charge is 0.414 e. The SMILES string of the molecule is C/C=C(/OC(=O)N(C)C(C)CNC(=O)[C@H](CCCN=C(N)N)NC(=O)[13c]1[13cH][13cH][13cH][13cH][13cH]1)C(C[C@@H](C)N(C)C)(c1ccccc1)c1ccccc1.Cl. The lowest BCUT2D eigenvalue weighted by molar-refractivity contribution is -0.123. The number of nitrogens with two attached hydrogens (primary N) is 2. The Morgan fingerprint density at radius 2 is 1.39 bits per heavy atom. The lowest BCUT2D eigenvalue weighted by Gasteiger charge is -2.40. The van der Waals surface area contributed by atoms with Crippen molar-refractivity contribution >= 4 is 36.3 Å². The Labute approximate surface area is 308 Å². The van der Waals surface area contributed by atoms with Gasteiger partial charge in [0.15, 0.2) is 5.96 Å². The monoisotopic (exact) mass is 725 g/mol. The summed E-state index contributed by atoms with van der Waals surface area (Å²) in [5.74, 6) is -0.280. The second-order valence-electron chi connectivity index (χ2n) is 12.7. The van der Waals surface area contributed by atoms with Gasteiger partial charge in [0.2, 0.25) is 5.91 Å². The maximum atomic E-state index is 13.8. The van der Waals surface area contributed by atoms with Crippen molar-refractivity contribution in [3.8, 4) is 0 Å². The summed E-state index contributed by atoms with van der Waals surface area (Å²) < 4.78 is 6.31. The molecule has 3 atom stereocenters. The largest absolute Gasteiger partial charge is 0.414 e. The number of likely N-dealkylation sites (N-methyl/N-ethyl adjacent to an activating group) is 1. The maximum Gasteiger partial charge on any atom is 0.414 e. The van der Waals surface area contributed by atoms with Crippen LogP contribution in [0.25, 0.3) is 0 Å². The van der Waals surface area contributed by atoms with Crippen LogP contribution >= 0.6 is 12.4 Å². The molecule has 51 heavy (non-hydrogen) atoms. The topological polar surface area (TPSA) is 155 Å². The molecule has 0 aliphatic carbocycles. The molecule has 0 aliphatic rings. The molecule has 1 unspecified atom stereocenters. The van der Waals surface area contributed by atoms with Crippen molar-refractivity contribution in [3.05, 3.63) is 120 Å². The van der Waals surface area contributed by atoms with Crippen LogP contribution in [0.4, 0.5) is 4.79 Å². The van der Waals surface area contributed by atoms with Gasteiger partial charge in [0, 0.05) is 37.8 Å². The van der Waals surface area contributed by atoms with Crippen molar-refractivity contribution < 1.29 is 19.1 Å². The molecule has 276 valence electrons. The molecule has 3 aromatic carbocycles. The average molecular weight is 726 g/mol. The third kappa shape index (κ3) is 11.9. The van der Waals surface area contributed by atoms with Gasteiger partial charge in [-0.15, -0.1) is 12.4 Å². The summed E-state index contributed by atoms with van der Waals surface area (Å²) in [6, 6.07) is 27.7. The molecule has 0 spiro atoms. The number of guanidine groups is 1. The number of allylic oxidation sites excluding steroid dienone is 2. The third-order valence-corrected chi connectivity index (χ3v) is 9.02. The highest BCUT2D eigenvalue weighted by atomic mass is 35.5. The Bertz CT molecular complexity index is 1540. The molecule has 3 aromatic rings. The van der Waals surface area contributed by atoms with Gasteiger partial charge in [-0.3, -0.25) is 14.6 Å². The highest BCUT2D eigenvalue weighted by Gasteiger charge is 2.42. The van der Waals surface area contributed by atoms with Gasteiger partial charge in [-0.2, -0.15) is 0 Å². The van der Waals surface area contributed by atoms with Crippen LogP contribution in [0.3, 0.4) is 0 Å². The normalized spacial score (nSPS) is 13.2. The molecular formula is C39H54ClN7O4. The zero-order valence-corrected chi connectivity index (χ0v) is 31.4. The molecule has 0 fully saturated rings. The molecule has 0 bridgehead atoms. The van der Waals surface area contributed by atoms with Gasteiger partial charge in [0.25, 0.3) is 5.91 Å². The maximum absolute atomic E-state index is 13.8. The van der Waals surface area contributed by atoms with Crippen molar-refractivity contribution in [2.45, 2.75) is 63.6 Å². The van der Waals surface area contributed by atoms with E-state index in [2.05, 4.69) is 51.7 Å². The van der Waals surface area contributed by atoms with E-state index in [4.69, 9.17) is 16.2 Å². The summed E-state index contributed by atoms with van der Waals surface area (Å²) in [4.78, 5) is 47.8. The quantitative estimate of drug-likeness (QED) is 0.0656. The lowest BCUT2D eigenvalue weighted by Crippen LogP contribution is -2.50. The number of carbonyl (C=O) groups is 3. The fourth-order valence-electron chi connectivity index (χ4n) is 5.71. The summed E-state index contributed by atoms with van der Waals surface area (Å²) in [6.45, 7) is 6.30. The van der Waals surface area contributed by atoms with Crippen LogP contribution in [-0.4, -0.2) is 86.0 Å². The number of nitrogens with zero attached hydrogens (tertiary/aromatic N) is 3. The number of nitrogens with one attached hydrogen (secondary N) is 2. The number of hydrogen-bond donors (Lipinski definition) is 4. The molecule has 11 nitrogen and oxygen atoms in total. The molecule has 3 amide bonds. The molecule has 6 N–H and O–H groups in total. The van der Waals surface area contributed by atoms with Crippen LogP contribution < -0.4 is 22.1 Å². The number of hydrogen-bond acceptors (Lipinski definition) is 6. The summed E-state index contributed by atoms with van der Waals surface area (Å²) in [5, 5.41) is 5.73. The molecule has 3 rings (SSSR count). The van der Waals surface area contributed by atoms with Crippen LogP contribution in [0.5, 0.6) is 0 Å². The Morgan fingerprint density at radius 1 is 0.863 bits per heavy atom. The third-order valence-electron chi connectivity index (χ3n) is 9.02. The van der Waals surface area contributed by atoms with Crippen molar-refractivity contribution in [1.82, 2.24) is 20.4 Å². The minimum atomic E-state index is -0.841. The first-order chi connectivity index (χ1) is 23.9. The van der Waals surface area contributed by atoms with Crippen LogP contribution in [0.15, 0.2) is 108 Å².